The van der Waals surface area contributed by atoms with Gasteiger partial charge in [0, 0.05) is 17.2 Å². The summed E-state index contributed by atoms with van der Waals surface area (Å²) in [6.45, 7) is 3.08. The number of carbonyl (C=O) groups excluding carboxylic acids is 3. The number of rotatable bonds is 6. The SMILES string of the molecule is COC(=O)c1c(NC(=O)c2ccc(C)c([N+](=O)[O-])c2)sc(C(=O)Nc2cccc(Cl)c2Cl)c1C. The molecule has 2 aromatic carbocycles. The monoisotopic (exact) mass is 521 g/mol. The van der Waals surface area contributed by atoms with E-state index >= 15 is 0 Å². The van der Waals surface area contributed by atoms with Gasteiger partial charge in [0.05, 0.1) is 38.2 Å². The minimum Gasteiger partial charge on any atom is -0.465 e. The zero-order chi connectivity index (χ0) is 25.2. The van der Waals surface area contributed by atoms with E-state index in [1.165, 1.54) is 26.2 Å². The summed E-state index contributed by atoms with van der Waals surface area (Å²) < 4.78 is 4.81. The molecule has 0 aliphatic rings. The third-order valence-electron chi connectivity index (χ3n) is 4.84. The molecule has 1 aromatic heterocycles. The molecule has 12 heteroatoms. The van der Waals surface area contributed by atoms with E-state index in [4.69, 9.17) is 27.9 Å². The van der Waals surface area contributed by atoms with E-state index in [2.05, 4.69) is 10.6 Å². The van der Waals surface area contributed by atoms with E-state index in [1.54, 1.807) is 25.1 Å². The van der Waals surface area contributed by atoms with E-state index in [-0.39, 0.29) is 48.0 Å². The standard InChI is InChI=1S/C22H17Cl2N3O6S/c1-10-7-8-12(9-15(10)27(31)32)19(28)26-21-16(22(30)33-3)11(2)18(34-21)20(29)25-14-6-4-5-13(23)17(14)24/h4-9H,1-3H3,(H,25,29)(H,26,28). The molecular formula is C22H17Cl2N3O6S. The lowest BCUT2D eigenvalue weighted by Gasteiger charge is -2.07. The van der Waals surface area contributed by atoms with Gasteiger partial charge in [-0.2, -0.15) is 0 Å². The number of nitrogens with zero attached hydrogens (tertiary/aromatic N) is 1. The molecule has 0 atom stereocenters. The van der Waals surface area contributed by atoms with Gasteiger partial charge in [-0.05, 0) is 37.6 Å². The van der Waals surface area contributed by atoms with Crippen molar-refractivity contribution in [1.82, 2.24) is 0 Å². The molecule has 0 spiro atoms. The minimum absolute atomic E-state index is 0.00944. The Bertz CT molecular complexity index is 1340. The third kappa shape index (κ3) is 5.04. The van der Waals surface area contributed by atoms with Crippen LogP contribution in [0.1, 0.15) is 41.5 Å². The number of methoxy groups -OCH3 is 1. The maximum absolute atomic E-state index is 12.9. The lowest BCUT2D eigenvalue weighted by atomic mass is 10.1. The van der Waals surface area contributed by atoms with Crippen LogP contribution in [0, 0.1) is 24.0 Å². The van der Waals surface area contributed by atoms with Crippen molar-refractivity contribution in [3.63, 3.8) is 0 Å². The number of nitro benzene ring substituents is 1. The predicted molar refractivity (Wildman–Crippen MR) is 131 cm³/mol. The number of hydrogen-bond donors (Lipinski definition) is 2. The van der Waals surface area contributed by atoms with Gasteiger partial charge in [-0.3, -0.25) is 19.7 Å². The number of ether oxygens (including phenoxy) is 1. The van der Waals surface area contributed by atoms with Crippen molar-refractivity contribution in [1.29, 1.82) is 0 Å². The van der Waals surface area contributed by atoms with Crippen molar-refractivity contribution in [3.8, 4) is 0 Å². The van der Waals surface area contributed by atoms with Gasteiger partial charge in [0.25, 0.3) is 17.5 Å². The number of anilines is 2. The fourth-order valence-electron chi connectivity index (χ4n) is 3.07. The highest BCUT2D eigenvalue weighted by atomic mass is 35.5. The van der Waals surface area contributed by atoms with Gasteiger partial charge in [0.2, 0.25) is 0 Å². The largest absolute Gasteiger partial charge is 0.465 e. The van der Waals surface area contributed by atoms with Crippen molar-refractivity contribution >= 4 is 68.7 Å². The number of amides is 2. The second-order valence-electron chi connectivity index (χ2n) is 7.02. The first-order chi connectivity index (χ1) is 16.0. The highest BCUT2D eigenvalue weighted by Gasteiger charge is 2.27. The lowest BCUT2D eigenvalue weighted by molar-refractivity contribution is -0.385. The summed E-state index contributed by atoms with van der Waals surface area (Å²) in [7, 11) is 1.17. The van der Waals surface area contributed by atoms with Crippen LogP contribution in [0.25, 0.3) is 0 Å². The van der Waals surface area contributed by atoms with Crippen LogP contribution >= 0.6 is 34.5 Å². The Morgan fingerprint density at radius 2 is 1.76 bits per heavy atom. The summed E-state index contributed by atoms with van der Waals surface area (Å²) in [5.41, 5.74) is 0.714. The van der Waals surface area contributed by atoms with Gasteiger partial charge >= 0.3 is 5.97 Å². The van der Waals surface area contributed by atoms with E-state index in [0.29, 0.717) is 5.56 Å². The van der Waals surface area contributed by atoms with E-state index < -0.39 is 22.7 Å². The van der Waals surface area contributed by atoms with Crippen LogP contribution < -0.4 is 10.6 Å². The molecule has 0 aliphatic carbocycles. The van der Waals surface area contributed by atoms with Gasteiger partial charge in [-0.1, -0.05) is 35.3 Å². The average molecular weight is 522 g/mol. The van der Waals surface area contributed by atoms with Crippen LogP contribution in [0.3, 0.4) is 0 Å². The number of nitrogens with one attached hydrogen (secondary N) is 2. The summed E-state index contributed by atoms with van der Waals surface area (Å²) in [6, 6.07) is 8.74. The van der Waals surface area contributed by atoms with E-state index in [9.17, 15) is 24.5 Å². The molecule has 0 fully saturated rings. The molecule has 2 amide bonds. The molecule has 176 valence electrons. The van der Waals surface area contributed by atoms with Gasteiger partial charge in [0.1, 0.15) is 5.00 Å². The second kappa shape index (κ2) is 10.2. The number of aryl methyl sites for hydroxylation is 1. The Kier molecular flexibility index (Phi) is 7.55. The summed E-state index contributed by atoms with van der Waals surface area (Å²) in [5, 5.41) is 16.8. The zero-order valence-electron chi connectivity index (χ0n) is 18.0. The average Bonchev–Trinajstić information content (AvgIpc) is 3.12. The Morgan fingerprint density at radius 1 is 1.06 bits per heavy atom. The maximum Gasteiger partial charge on any atom is 0.341 e. The van der Waals surface area contributed by atoms with Crippen molar-refractivity contribution in [2.75, 3.05) is 17.7 Å². The van der Waals surface area contributed by atoms with Gasteiger partial charge in [-0.15, -0.1) is 11.3 Å². The molecule has 0 radical (unpaired) electrons. The third-order valence-corrected chi connectivity index (χ3v) is 6.86. The highest BCUT2D eigenvalue weighted by Crippen LogP contribution is 2.36. The van der Waals surface area contributed by atoms with Gasteiger partial charge in [-0.25, -0.2) is 4.79 Å². The Hall–Kier alpha value is -3.47. The first-order valence-electron chi connectivity index (χ1n) is 9.58. The highest BCUT2D eigenvalue weighted by molar-refractivity contribution is 7.19. The number of benzene rings is 2. The molecule has 1 heterocycles. The quantitative estimate of drug-likeness (QED) is 0.237. The molecule has 9 nitrogen and oxygen atoms in total. The predicted octanol–water partition coefficient (Wildman–Crippen LogP) is 5.87. The molecule has 3 aromatic rings. The molecule has 0 aliphatic heterocycles. The first-order valence-corrected chi connectivity index (χ1v) is 11.2. The van der Waals surface area contributed by atoms with Crippen molar-refractivity contribution in [3.05, 3.63) is 83.7 Å². The number of thiophene rings is 1. The van der Waals surface area contributed by atoms with Crippen LogP contribution in [-0.2, 0) is 4.74 Å². The Balaban J connectivity index is 1.97. The van der Waals surface area contributed by atoms with Gasteiger partial charge in [0.15, 0.2) is 0 Å². The Morgan fingerprint density at radius 3 is 2.41 bits per heavy atom. The van der Waals surface area contributed by atoms with Crippen LogP contribution in [-0.4, -0.2) is 29.8 Å². The molecule has 3 rings (SSSR count). The fraction of sp³-hybridized carbons (Fsp3) is 0.136. The van der Waals surface area contributed by atoms with Crippen LogP contribution in [0.15, 0.2) is 36.4 Å². The number of carbonyl (C=O) groups is 3. The zero-order valence-corrected chi connectivity index (χ0v) is 20.4. The fourth-order valence-corrected chi connectivity index (χ4v) is 4.50. The van der Waals surface area contributed by atoms with Crippen LogP contribution in [0.5, 0.6) is 0 Å². The summed E-state index contributed by atoms with van der Waals surface area (Å²) in [5.74, 6) is -2.04. The summed E-state index contributed by atoms with van der Waals surface area (Å²) in [6.07, 6.45) is 0. The van der Waals surface area contributed by atoms with Crippen LogP contribution in [0.2, 0.25) is 10.0 Å². The summed E-state index contributed by atoms with van der Waals surface area (Å²) >= 11 is 13.0. The molecule has 0 bridgehead atoms. The number of halogens is 2. The normalized spacial score (nSPS) is 10.5. The summed E-state index contributed by atoms with van der Waals surface area (Å²) in [4.78, 5) is 48.9. The first kappa shape index (κ1) is 25.2. The topological polar surface area (TPSA) is 128 Å². The second-order valence-corrected chi connectivity index (χ2v) is 8.83. The van der Waals surface area contributed by atoms with Crippen molar-refractivity contribution in [2.45, 2.75) is 13.8 Å². The van der Waals surface area contributed by atoms with E-state index in [0.717, 1.165) is 17.4 Å². The smallest absolute Gasteiger partial charge is 0.341 e. The number of hydrogen-bond acceptors (Lipinski definition) is 7. The van der Waals surface area contributed by atoms with Gasteiger partial charge < -0.3 is 15.4 Å². The molecule has 0 unspecified atom stereocenters. The molecule has 0 saturated heterocycles. The molecular weight excluding hydrogens is 505 g/mol. The molecule has 2 N–H and O–H groups in total. The molecule has 0 saturated carbocycles. The number of nitro groups is 1. The molecule has 34 heavy (non-hydrogen) atoms. The van der Waals surface area contributed by atoms with Crippen LogP contribution in [0.4, 0.5) is 16.4 Å². The van der Waals surface area contributed by atoms with Crippen molar-refractivity contribution in [2.24, 2.45) is 0 Å². The maximum atomic E-state index is 12.9. The lowest BCUT2D eigenvalue weighted by Crippen LogP contribution is -2.15. The van der Waals surface area contributed by atoms with Crippen molar-refractivity contribution < 1.29 is 24.0 Å². The van der Waals surface area contributed by atoms with E-state index in [1.807, 2.05) is 0 Å². The Labute approximate surface area is 207 Å². The minimum atomic E-state index is -0.765. The number of esters is 1.